The maximum absolute atomic E-state index is 4.73. The number of pyridine rings is 1. The first kappa shape index (κ1) is 12.9. The van der Waals surface area contributed by atoms with Crippen molar-refractivity contribution >= 4 is 16.7 Å². The molecule has 18 heavy (non-hydrogen) atoms. The van der Waals surface area contributed by atoms with Gasteiger partial charge >= 0.3 is 0 Å². The van der Waals surface area contributed by atoms with Crippen LogP contribution in [0.2, 0.25) is 0 Å². The molecule has 0 unspecified atom stereocenters. The summed E-state index contributed by atoms with van der Waals surface area (Å²) in [6.45, 7) is 7.16. The summed E-state index contributed by atoms with van der Waals surface area (Å²) in [5.41, 5.74) is 3.75. The molecule has 1 aromatic carbocycles. The minimum Gasteiger partial charge on any atom is -0.370 e. The van der Waals surface area contributed by atoms with Crippen molar-refractivity contribution < 1.29 is 0 Å². The van der Waals surface area contributed by atoms with Gasteiger partial charge in [-0.1, -0.05) is 26.0 Å². The number of aryl methyl sites for hydroxylation is 2. The van der Waals surface area contributed by atoms with Crippen LogP contribution in [0.3, 0.4) is 0 Å². The highest BCUT2D eigenvalue weighted by Crippen LogP contribution is 2.24. The van der Waals surface area contributed by atoms with Gasteiger partial charge in [0.15, 0.2) is 0 Å². The lowest BCUT2D eigenvalue weighted by Gasteiger charge is -2.08. The molecule has 0 saturated heterocycles. The molecule has 0 fully saturated rings. The minimum absolute atomic E-state index is 1.05. The summed E-state index contributed by atoms with van der Waals surface area (Å²) in [5, 5.41) is 4.68. The summed E-state index contributed by atoms with van der Waals surface area (Å²) >= 11 is 0. The molecular weight excluding hydrogens is 220 g/mol. The SMILES string of the molecule is CC.Cc1ccc2cc3c(nc2c1)NCCCC3. The Bertz CT molecular complexity index is 532. The standard InChI is InChI=1S/C14H16N2.C2H6/c1-10-5-6-11-9-12-4-2-3-7-15-14(12)16-13(11)8-10;1-2/h5-6,8-9H,2-4,7H2,1H3,(H,15,16);1-2H3. The highest BCUT2D eigenvalue weighted by molar-refractivity contribution is 5.82. The molecule has 2 nitrogen and oxygen atoms in total. The second-order valence-corrected chi connectivity index (χ2v) is 4.58. The molecule has 0 saturated carbocycles. The number of fused-ring (bicyclic) bond motifs is 2. The van der Waals surface area contributed by atoms with Gasteiger partial charge in [-0.15, -0.1) is 0 Å². The second kappa shape index (κ2) is 5.85. The van der Waals surface area contributed by atoms with Crippen LogP contribution < -0.4 is 5.32 Å². The third-order valence-electron chi connectivity index (χ3n) is 3.22. The van der Waals surface area contributed by atoms with E-state index in [4.69, 9.17) is 4.98 Å². The van der Waals surface area contributed by atoms with Crippen LogP contribution in [-0.4, -0.2) is 11.5 Å². The van der Waals surface area contributed by atoms with Crippen molar-refractivity contribution in [1.29, 1.82) is 0 Å². The maximum atomic E-state index is 4.73. The zero-order chi connectivity index (χ0) is 13.0. The Kier molecular flexibility index (Phi) is 4.19. The Labute approximate surface area is 109 Å². The van der Waals surface area contributed by atoms with Crippen molar-refractivity contribution in [2.45, 2.75) is 40.0 Å². The van der Waals surface area contributed by atoms with Crippen LogP contribution in [0.1, 0.15) is 37.8 Å². The Balaban J connectivity index is 0.000000574. The zero-order valence-electron chi connectivity index (χ0n) is 11.6. The van der Waals surface area contributed by atoms with Gasteiger partial charge in [-0.3, -0.25) is 0 Å². The second-order valence-electron chi connectivity index (χ2n) is 4.58. The summed E-state index contributed by atoms with van der Waals surface area (Å²) in [5.74, 6) is 1.09. The predicted octanol–water partition coefficient (Wildman–Crippen LogP) is 4.32. The summed E-state index contributed by atoms with van der Waals surface area (Å²) in [6, 6.07) is 8.76. The van der Waals surface area contributed by atoms with Crippen LogP contribution in [0.4, 0.5) is 5.82 Å². The van der Waals surface area contributed by atoms with Gasteiger partial charge in [0.05, 0.1) is 5.52 Å². The fraction of sp³-hybridized carbons (Fsp3) is 0.438. The zero-order valence-corrected chi connectivity index (χ0v) is 11.6. The highest BCUT2D eigenvalue weighted by atomic mass is 15.0. The van der Waals surface area contributed by atoms with Crippen molar-refractivity contribution in [3.05, 3.63) is 35.4 Å². The lowest BCUT2D eigenvalue weighted by Crippen LogP contribution is -2.02. The van der Waals surface area contributed by atoms with Crippen LogP contribution in [-0.2, 0) is 6.42 Å². The van der Waals surface area contributed by atoms with Crippen molar-refractivity contribution in [3.63, 3.8) is 0 Å². The molecule has 0 radical (unpaired) electrons. The fourth-order valence-corrected chi connectivity index (χ4v) is 2.31. The van der Waals surface area contributed by atoms with Gasteiger partial charge in [0.25, 0.3) is 0 Å². The smallest absolute Gasteiger partial charge is 0.129 e. The quantitative estimate of drug-likeness (QED) is 0.744. The van der Waals surface area contributed by atoms with Gasteiger partial charge in [-0.05, 0) is 49.4 Å². The van der Waals surface area contributed by atoms with Crippen molar-refractivity contribution in [3.8, 4) is 0 Å². The minimum atomic E-state index is 1.05. The molecule has 2 heterocycles. The average Bonchev–Trinajstić information content (AvgIpc) is 2.63. The van der Waals surface area contributed by atoms with Gasteiger partial charge in [0.1, 0.15) is 5.82 Å². The van der Waals surface area contributed by atoms with Crippen LogP contribution in [0, 0.1) is 6.92 Å². The molecule has 1 aliphatic heterocycles. The Morgan fingerprint density at radius 1 is 1.11 bits per heavy atom. The fourth-order valence-electron chi connectivity index (χ4n) is 2.31. The predicted molar refractivity (Wildman–Crippen MR) is 79.3 cm³/mol. The first-order chi connectivity index (χ1) is 8.83. The molecule has 2 heteroatoms. The number of hydrogen-bond donors (Lipinski definition) is 1. The maximum Gasteiger partial charge on any atom is 0.129 e. The van der Waals surface area contributed by atoms with E-state index in [2.05, 4.69) is 36.5 Å². The van der Waals surface area contributed by atoms with E-state index in [1.165, 1.54) is 29.4 Å². The van der Waals surface area contributed by atoms with Crippen LogP contribution >= 0.6 is 0 Å². The van der Waals surface area contributed by atoms with E-state index in [0.717, 1.165) is 24.3 Å². The number of nitrogens with one attached hydrogen (secondary N) is 1. The summed E-state index contributed by atoms with van der Waals surface area (Å²) in [7, 11) is 0. The topological polar surface area (TPSA) is 24.9 Å². The van der Waals surface area contributed by atoms with Gasteiger partial charge in [-0.25, -0.2) is 4.98 Å². The average molecular weight is 242 g/mol. The molecule has 0 spiro atoms. The Morgan fingerprint density at radius 2 is 1.94 bits per heavy atom. The van der Waals surface area contributed by atoms with Crippen LogP contribution in [0.15, 0.2) is 24.3 Å². The van der Waals surface area contributed by atoms with E-state index in [1.54, 1.807) is 0 Å². The van der Waals surface area contributed by atoms with Crippen molar-refractivity contribution in [1.82, 2.24) is 4.98 Å². The molecule has 96 valence electrons. The third kappa shape index (κ3) is 2.63. The van der Waals surface area contributed by atoms with Crippen molar-refractivity contribution in [2.75, 3.05) is 11.9 Å². The molecule has 0 amide bonds. The number of rotatable bonds is 0. The first-order valence-corrected chi connectivity index (χ1v) is 6.97. The van der Waals surface area contributed by atoms with E-state index in [1.807, 2.05) is 13.8 Å². The van der Waals surface area contributed by atoms with Gasteiger partial charge in [-0.2, -0.15) is 0 Å². The van der Waals surface area contributed by atoms with E-state index in [9.17, 15) is 0 Å². The van der Waals surface area contributed by atoms with Crippen LogP contribution in [0.5, 0.6) is 0 Å². The first-order valence-electron chi connectivity index (χ1n) is 6.97. The van der Waals surface area contributed by atoms with E-state index in [-0.39, 0.29) is 0 Å². The summed E-state index contributed by atoms with van der Waals surface area (Å²) in [6.07, 6.45) is 3.66. The van der Waals surface area contributed by atoms with E-state index < -0.39 is 0 Å². The van der Waals surface area contributed by atoms with Crippen molar-refractivity contribution in [2.24, 2.45) is 0 Å². The van der Waals surface area contributed by atoms with Gasteiger partial charge in [0, 0.05) is 11.9 Å². The number of aromatic nitrogens is 1. The molecule has 1 aromatic heterocycles. The highest BCUT2D eigenvalue weighted by Gasteiger charge is 2.09. The molecule has 2 aromatic rings. The number of hydrogen-bond acceptors (Lipinski definition) is 2. The summed E-state index contributed by atoms with van der Waals surface area (Å²) in [4.78, 5) is 4.73. The molecule has 3 rings (SSSR count). The summed E-state index contributed by atoms with van der Waals surface area (Å²) < 4.78 is 0. The molecule has 0 aliphatic carbocycles. The normalized spacial score (nSPS) is 13.9. The number of anilines is 1. The Morgan fingerprint density at radius 3 is 2.78 bits per heavy atom. The molecule has 1 aliphatic rings. The molecule has 0 atom stereocenters. The van der Waals surface area contributed by atoms with Crippen LogP contribution in [0.25, 0.3) is 10.9 Å². The number of nitrogens with zero attached hydrogens (tertiary/aromatic N) is 1. The van der Waals surface area contributed by atoms with Gasteiger partial charge < -0.3 is 5.32 Å². The molecule has 1 N–H and O–H groups in total. The monoisotopic (exact) mass is 242 g/mol. The molecular formula is C16H22N2. The number of benzene rings is 1. The molecule has 0 bridgehead atoms. The lowest BCUT2D eigenvalue weighted by atomic mass is 10.1. The largest absolute Gasteiger partial charge is 0.370 e. The van der Waals surface area contributed by atoms with E-state index in [0.29, 0.717) is 0 Å². The lowest BCUT2D eigenvalue weighted by molar-refractivity contribution is 0.786. The van der Waals surface area contributed by atoms with Gasteiger partial charge in [0.2, 0.25) is 0 Å². The Hall–Kier alpha value is -1.57. The van der Waals surface area contributed by atoms with E-state index >= 15 is 0 Å². The third-order valence-corrected chi connectivity index (χ3v) is 3.22.